The van der Waals surface area contributed by atoms with Crippen molar-refractivity contribution in [2.24, 2.45) is 11.8 Å². The van der Waals surface area contributed by atoms with Gasteiger partial charge in [-0.1, -0.05) is 35.0 Å². The van der Waals surface area contributed by atoms with E-state index >= 15 is 0 Å². The van der Waals surface area contributed by atoms with Gasteiger partial charge in [-0.25, -0.2) is 0 Å². The lowest BCUT2D eigenvalue weighted by Crippen LogP contribution is -2.30. The highest BCUT2D eigenvalue weighted by Gasteiger charge is 2.44. The number of nitrogens with zero attached hydrogens (tertiary/aromatic N) is 1. The fraction of sp³-hybridized carbons (Fsp3) is 0.500. The molecule has 20 heavy (non-hydrogen) atoms. The number of carbonyl (C=O) groups is 1. The van der Waals surface area contributed by atoms with Gasteiger partial charge in [0.1, 0.15) is 5.92 Å². The molecule has 1 fully saturated rings. The first-order valence-electron chi connectivity index (χ1n) is 6.80. The van der Waals surface area contributed by atoms with Crippen LogP contribution in [0.15, 0.2) is 28.7 Å². The van der Waals surface area contributed by atoms with Crippen LogP contribution < -0.4 is 0 Å². The summed E-state index contributed by atoms with van der Waals surface area (Å²) >= 11 is 3.36. The van der Waals surface area contributed by atoms with E-state index in [2.05, 4.69) is 22.0 Å². The largest absolute Gasteiger partial charge is 0.375 e. The van der Waals surface area contributed by atoms with E-state index < -0.39 is 5.92 Å². The Labute approximate surface area is 128 Å². The molecule has 1 heterocycles. The monoisotopic (exact) mass is 335 g/mol. The van der Waals surface area contributed by atoms with Crippen molar-refractivity contribution in [2.75, 3.05) is 0 Å². The molecule has 5 atom stereocenters. The maximum absolute atomic E-state index is 12.7. The SMILES string of the molecule is CC1OC(C)C(C(=O)C(C#N)c2ccc(Br)cc2)C1C. The number of Topliss-reactive ketones (excluding diaryl/α,β-unsaturated/α-hetero) is 1. The minimum atomic E-state index is -0.716. The van der Waals surface area contributed by atoms with Gasteiger partial charge in [-0.2, -0.15) is 5.26 Å². The van der Waals surface area contributed by atoms with Crippen molar-refractivity contribution >= 4 is 21.7 Å². The summed E-state index contributed by atoms with van der Waals surface area (Å²) in [5, 5.41) is 9.39. The first-order valence-corrected chi connectivity index (χ1v) is 7.59. The predicted molar refractivity (Wildman–Crippen MR) is 80.2 cm³/mol. The van der Waals surface area contributed by atoms with E-state index in [1.165, 1.54) is 0 Å². The van der Waals surface area contributed by atoms with Crippen molar-refractivity contribution in [2.45, 2.75) is 38.9 Å². The highest BCUT2D eigenvalue weighted by Crippen LogP contribution is 2.36. The molecule has 0 amide bonds. The van der Waals surface area contributed by atoms with Gasteiger partial charge >= 0.3 is 0 Å². The number of rotatable bonds is 3. The highest BCUT2D eigenvalue weighted by molar-refractivity contribution is 9.10. The molecule has 0 aromatic heterocycles. The second-order valence-corrected chi connectivity index (χ2v) is 6.36. The first-order chi connectivity index (χ1) is 9.45. The molecule has 106 valence electrons. The van der Waals surface area contributed by atoms with Crippen LogP contribution in [0.1, 0.15) is 32.3 Å². The summed E-state index contributed by atoms with van der Waals surface area (Å²) in [6.45, 7) is 5.92. The second kappa shape index (κ2) is 6.07. The van der Waals surface area contributed by atoms with Gasteiger partial charge in [0, 0.05) is 4.47 Å². The standard InChI is InChI=1S/C16H18BrNO2/c1-9-10(2)20-11(3)15(9)16(19)14(8-18)12-4-6-13(17)7-5-12/h4-7,9-11,14-15H,1-3H3. The topological polar surface area (TPSA) is 50.1 Å². The van der Waals surface area contributed by atoms with Crippen molar-refractivity contribution in [1.82, 2.24) is 0 Å². The number of hydrogen-bond donors (Lipinski definition) is 0. The Bertz CT molecular complexity index is 534. The molecule has 0 aliphatic carbocycles. The van der Waals surface area contributed by atoms with Gasteiger partial charge in [0.2, 0.25) is 0 Å². The van der Waals surface area contributed by atoms with Crippen molar-refractivity contribution in [1.29, 1.82) is 5.26 Å². The van der Waals surface area contributed by atoms with Crippen LogP contribution in [-0.4, -0.2) is 18.0 Å². The lowest BCUT2D eigenvalue weighted by atomic mass is 9.79. The second-order valence-electron chi connectivity index (χ2n) is 5.45. The Balaban J connectivity index is 2.26. The summed E-state index contributed by atoms with van der Waals surface area (Å²) in [4.78, 5) is 12.7. The predicted octanol–water partition coefficient (Wildman–Crippen LogP) is 3.68. The molecule has 0 radical (unpaired) electrons. The van der Waals surface area contributed by atoms with E-state index in [-0.39, 0.29) is 29.8 Å². The lowest BCUT2D eigenvalue weighted by Gasteiger charge is -2.20. The van der Waals surface area contributed by atoms with Crippen LogP contribution in [-0.2, 0) is 9.53 Å². The molecule has 1 aliphatic rings. The fourth-order valence-electron chi connectivity index (χ4n) is 2.91. The number of halogens is 1. The van der Waals surface area contributed by atoms with Gasteiger partial charge in [0.15, 0.2) is 5.78 Å². The lowest BCUT2D eigenvalue weighted by molar-refractivity contribution is -0.125. The summed E-state index contributed by atoms with van der Waals surface area (Å²) in [6, 6.07) is 9.51. The normalized spacial score (nSPS) is 30.8. The van der Waals surface area contributed by atoms with E-state index in [9.17, 15) is 10.1 Å². The third-order valence-corrected chi connectivity index (χ3v) is 4.72. The van der Waals surface area contributed by atoms with Gasteiger partial charge in [0.25, 0.3) is 0 Å². The molecule has 1 aliphatic heterocycles. The van der Waals surface area contributed by atoms with Crippen LogP contribution in [0.25, 0.3) is 0 Å². The molecule has 0 spiro atoms. The number of carbonyl (C=O) groups excluding carboxylic acids is 1. The molecule has 1 saturated heterocycles. The Hall–Kier alpha value is -1.18. The highest BCUT2D eigenvalue weighted by atomic mass is 79.9. The van der Waals surface area contributed by atoms with Gasteiger partial charge in [-0.05, 0) is 37.5 Å². The average molecular weight is 336 g/mol. The number of benzene rings is 1. The van der Waals surface area contributed by atoms with Crippen LogP contribution in [0, 0.1) is 23.2 Å². The van der Waals surface area contributed by atoms with Crippen LogP contribution in [0.4, 0.5) is 0 Å². The summed E-state index contributed by atoms with van der Waals surface area (Å²) < 4.78 is 6.65. The zero-order valence-corrected chi connectivity index (χ0v) is 13.4. The average Bonchev–Trinajstić information content (AvgIpc) is 2.66. The molecular formula is C16H18BrNO2. The Morgan fingerprint density at radius 2 is 1.85 bits per heavy atom. The molecular weight excluding hydrogens is 318 g/mol. The van der Waals surface area contributed by atoms with Crippen LogP contribution >= 0.6 is 15.9 Å². The van der Waals surface area contributed by atoms with Gasteiger partial charge < -0.3 is 4.74 Å². The minimum absolute atomic E-state index is 0.0285. The van der Waals surface area contributed by atoms with E-state index in [1.807, 2.05) is 45.0 Å². The Morgan fingerprint density at radius 3 is 2.30 bits per heavy atom. The van der Waals surface area contributed by atoms with Gasteiger partial charge in [0.05, 0.1) is 24.2 Å². The zero-order valence-electron chi connectivity index (χ0n) is 11.8. The molecule has 0 N–H and O–H groups in total. The number of nitriles is 1. The fourth-order valence-corrected chi connectivity index (χ4v) is 3.17. The van der Waals surface area contributed by atoms with Crippen molar-refractivity contribution in [3.8, 4) is 6.07 Å². The summed E-state index contributed by atoms with van der Waals surface area (Å²) in [6.07, 6.45) is -0.0676. The molecule has 2 rings (SSSR count). The Kier molecular flexibility index (Phi) is 4.62. The van der Waals surface area contributed by atoms with Crippen LogP contribution in [0.2, 0.25) is 0 Å². The van der Waals surface area contributed by atoms with E-state index in [1.54, 1.807) is 0 Å². The quantitative estimate of drug-likeness (QED) is 0.846. The third kappa shape index (κ3) is 2.79. The van der Waals surface area contributed by atoms with Crippen molar-refractivity contribution in [3.63, 3.8) is 0 Å². The summed E-state index contributed by atoms with van der Waals surface area (Å²) in [5.74, 6) is -0.812. The van der Waals surface area contributed by atoms with E-state index in [0.29, 0.717) is 0 Å². The third-order valence-electron chi connectivity index (χ3n) is 4.19. The molecule has 3 nitrogen and oxygen atoms in total. The van der Waals surface area contributed by atoms with Crippen molar-refractivity contribution < 1.29 is 9.53 Å². The maximum Gasteiger partial charge on any atom is 0.160 e. The van der Waals surface area contributed by atoms with Gasteiger partial charge in [-0.3, -0.25) is 4.79 Å². The molecule has 1 aromatic carbocycles. The molecule has 0 saturated carbocycles. The molecule has 1 aromatic rings. The van der Waals surface area contributed by atoms with E-state index in [0.717, 1.165) is 10.0 Å². The van der Waals surface area contributed by atoms with Crippen LogP contribution in [0.5, 0.6) is 0 Å². The number of ether oxygens (including phenoxy) is 1. The first kappa shape index (κ1) is 15.2. The number of ketones is 1. The molecule has 5 unspecified atom stereocenters. The van der Waals surface area contributed by atoms with E-state index in [4.69, 9.17) is 4.74 Å². The minimum Gasteiger partial charge on any atom is -0.375 e. The number of hydrogen-bond acceptors (Lipinski definition) is 3. The Morgan fingerprint density at radius 1 is 1.25 bits per heavy atom. The smallest absolute Gasteiger partial charge is 0.160 e. The van der Waals surface area contributed by atoms with Crippen LogP contribution in [0.3, 0.4) is 0 Å². The molecule has 4 heteroatoms. The van der Waals surface area contributed by atoms with Gasteiger partial charge in [-0.15, -0.1) is 0 Å². The van der Waals surface area contributed by atoms with Crippen molar-refractivity contribution in [3.05, 3.63) is 34.3 Å². The zero-order chi connectivity index (χ0) is 14.9. The summed E-state index contributed by atoms with van der Waals surface area (Å²) in [7, 11) is 0. The maximum atomic E-state index is 12.7. The summed E-state index contributed by atoms with van der Waals surface area (Å²) in [5.41, 5.74) is 0.750. The molecule has 0 bridgehead atoms.